The molecule has 0 radical (unpaired) electrons. The zero-order valence-electron chi connectivity index (χ0n) is 16.9. The summed E-state index contributed by atoms with van der Waals surface area (Å²) in [7, 11) is 0. The molecule has 7 nitrogen and oxygen atoms in total. The molecule has 2 N–H and O–H groups in total. The highest BCUT2D eigenvalue weighted by Crippen LogP contribution is 2.20. The molecule has 32 heavy (non-hydrogen) atoms. The Morgan fingerprint density at radius 2 is 1.28 bits per heavy atom. The van der Waals surface area contributed by atoms with Crippen molar-refractivity contribution in [3.05, 3.63) is 109 Å². The molecule has 4 rings (SSSR count). The average Bonchev–Trinajstić information content (AvgIpc) is 3.36. The van der Waals surface area contributed by atoms with Crippen molar-refractivity contribution in [2.24, 2.45) is 0 Å². The summed E-state index contributed by atoms with van der Waals surface area (Å²) in [6.07, 6.45) is 0.187. The minimum Gasteiger partial charge on any atom is -0.459 e. The lowest BCUT2D eigenvalue weighted by Crippen LogP contribution is -2.38. The fourth-order valence-corrected chi connectivity index (χ4v) is 2.85. The zero-order chi connectivity index (χ0) is 22.2. The van der Waals surface area contributed by atoms with Gasteiger partial charge in [-0.05, 0) is 54.6 Å². The standard InChI is InChI=1S/C25H20N2O5/c28-23(22-15-8-16-30-22)26-18-9-7-10-19(17-18)27-24(29)25(31-20-11-3-1-4-12-20)32-21-13-5-2-6-14-21/h1-17,25H,(H,26,28)(H,27,29). The van der Waals surface area contributed by atoms with Gasteiger partial charge in [0.05, 0.1) is 6.26 Å². The van der Waals surface area contributed by atoms with Crippen LogP contribution in [0.25, 0.3) is 0 Å². The molecule has 160 valence electrons. The first-order valence-electron chi connectivity index (χ1n) is 9.86. The van der Waals surface area contributed by atoms with Crippen LogP contribution < -0.4 is 20.1 Å². The van der Waals surface area contributed by atoms with Gasteiger partial charge in [-0.1, -0.05) is 42.5 Å². The van der Waals surface area contributed by atoms with Gasteiger partial charge in [-0.25, -0.2) is 0 Å². The van der Waals surface area contributed by atoms with E-state index in [9.17, 15) is 9.59 Å². The quantitative estimate of drug-likeness (QED) is 0.388. The van der Waals surface area contributed by atoms with E-state index in [1.165, 1.54) is 6.26 Å². The molecule has 0 atom stereocenters. The number of carbonyl (C=O) groups is 2. The first kappa shape index (κ1) is 20.7. The average molecular weight is 428 g/mol. The highest BCUT2D eigenvalue weighted by molar-refractivity contribution is 6.02. The number of para-hydroxylation sites is 2. The van der Waals surface area contributed by atoms with Gasteiger partial charge < -0.3 is 24.5 Å². The van der Waals surface area contributed by atoms with Crippen LogP contribution in [0.5, 0.6) is 11.5 Å². The van der Waals surface area contributed by atoms with Crippen molar-refractivity contribution in [2.75, 3.05) is 10.6 Å². The largest absolute Gasteiger partial charge is 0.459 e. The SMILES string of the molecule is O=C(Nc1cccc(NC(=O)C(Oc2ccccc2)Oc2ccccc2)c1)c1ccco1. The minimum atomic E-state index is -1.24. The monoisotopic (exact) mass is 428 g/mol. The topological polar surface area (TPSA) is 89.8 Å². The molecule has 0 spiro atoms. The summed E-state index contributed by atoms with van der Waals surface area (Å²) in [6.45, 7) is 0. The molecular weight excluding hydrogens is 408 g/mol. The predicted molar refractivity (Wildman–Crippen MR) is 120 cm³/mol. The van der Waals surface area contributed by atoms with Crippen LogP contribution in [-0.4, -0.2) is 18.1 Å². The van der Waals surface area contributed by atoms with Crippen LogP contribution in [0.3, 0.4) is 0 Å². The van der Waals surface area contributed by atoms with Crippen LogP contribution >= 0.6 is 0 Å². The Kier molecular flexibility index (Phi) is 6.48. The van der Waals surface area contributed by atoms with E-state index in [0.29, 0.717) is 22.9 Å². The maximum absolute atomic E-state index is 13.0. The first-order valence-corrected chi connectivity index (χ1v) is 9.86. The van der Waals surface area contributed by atoms with E-state index in [0.717, 1.165) is 0 Å². The fourth-order valence-electron chi connectivity index (χ4n) is 2.85. The van der Waals surface area contributed by atoms with Crippen LogP contribution in [-0.2, 0) is 4.79 Å². The third-order valence-electron chi connectivity index (χ3n) is 4.32. The number of amides is 2. The van der Waals surface area contributed by atoms with Crippen molar-refractivity contribution < 1.29 is 23.5 Å². The highest BCUT2D eigenvalue weighted by atomic mass is 16.7. The van der Waals surface area contributed by atoms with Gasteiger partial charge in [0.15, 0.2) is 5.76 Å². The smallest absolute Gasteiger partial charge is 0.321 e. The normalized spacial score (nSPS) is 10.4. The van der Waals surface area contributed by atoms with Gasteiger partial charge in [-0.2, -0.15) is 0 Å². The second-order valence-electron chi connectivity index (χ2n) is 6.70. The van der Waals surface area contributed by atoms with Gasteiger partial charge in [0.2, 0.25) is 0 Å². The Hall–Kier alpha value is -4.52. The molecule has 0 saturated heterocycles. The second-order valence-corrected chi connectivity index (χ2v) is 6.70. The third-order valence-corrected chi connectivity index (χ3v) is 4.32. The van der Waals surface area contributed by atoms with E-state index in [1.54, 1.807) is 84.9 Å². The number of anilines is 2. The molecule has 2 amide bonds. The van der Waals surface area contributed by atoms with Gasteiger partial charge in [0.25, 0.3) is 5.91 Å². The molecule has 3 aromatic carbocycles. The Morgan fingerprint density at radius 1 is 0.688 bits per heavy atom. The Labute approximate surface area is 184 Å². The molecule has 7 heteroatoms. The number of hydrogen-bond donors (Lipinski definition) is 2. The second kappa shape index (κ2) is 9.99. The maximum atomic E-state index is 13.0. The summed E-state index contributed by atoms with van der Waals surface area (Å²) >= 11 is 0. The Bertz CT molecular complexity index is 1120. The van der Waals surface area contributed by atoms with Crippen LogP contribution in [0, 0.1) is 0 Å². The molecule has 0 aliphatic rings. The Balaban J connectivity index is 1.48. The molecule has 0 unspecified atom stereocenters. The van der Waals surface area contributed by atoms with E-state index in [-0.39, 0.29) is 5.76 Å². The summed E-state index contributed by atoms with van der Waals surface area (Å²) in [5.41, 5.74) is 0.958. The van der Waals surface area contributed by atoms with E-state index >= 15 is 0 Å². The number of ether oxygens (including phenoxy) is 2. The number of carbonyl (C=O) groups excluding carboxylic acids is 2. The van der Waals surface area contributed by atoms with Gasteiger partial charge in [0.1, 0.15) is 11.5 Å². The molecule has 0 fully saturated rings. The van der Waals surface area contributed by atoms with Crippen molar-refractivity contribution in [1.82, 2.24) is 0 Å². The fraction of sp³-hybridized carbons (Fsp3) is 0.0400. The first-order chi connectivity index (χ1) is 15.7. The van der Waals surface area contributed by atoms with E-state index in [4.69, 9.17) is 13.9 Å². The number of rotatable bonds is 8. The molecule has 0 aliphatic carbocycles. The van der Waals surface area contributed by atoms with Crippen molar-refractivity contribution in [2.45, 2.75) is 6.29 Å². The Morgan fingerprint density at radius 3 is 1.84 bits per heavy atom. The molecule has 0 saturated carbocycles. The lowest BCUT2D eigenvalue weighted by atomic mass is 10.2. The third kappa shape index (κ3) is 5.54. The number of nitrogens with one attached hydrogen (secondary N) is 2. The van der Waals surface area contributed by atoms with Crippen LogP contribution in [0.1, 0.15) is 10.6 Å². The molecule has 1 heterocycles. The van der Waals surface area contributed by atoms with E-state index in [2.05, 4.69) is 10.6 Å². The van der Waals surface area contributed by atoms with Gasteiger partial charge in [-0.3, -0.25) is 9.59 Å². The zero-order valence-corrected chi connectivity index (χ0v) is 16.9. The van der Waals surface area contributed by atoms with Crippen LogP contribution in [0.15, 0.2) is 108 Å². The number of benzene rings is 3. The van der Waals surface area contributed by atoms with Gasteiger partial charge >= 0.3 is 12.2 Å². The van der Waals surface area contributed by atoms with Gasteiger partial charge in [0, 0.05) is 11.4 Å². The molecular formula is C25H20N2O5. The summed E-state index contributed by atoms with van der Waals surface area (Å²) in [6, 6.07) is 27.8. The van der Waals surface area contributed by atoms with E-state index < -0.39 is 18.1 Å². The maximum Gasteiger partial charge on any atom is 0.321 e. The van der Waals surface area contributed by atoms with Crippen molar-refractivity contribution in [3.63, 3.8) is 0 Å². The highest BCUT2D eigenvalue weighted by Gasteiger charge is 2.23. The lowest BCUT2D eigenvalue weighted by Gasteiger charge is -2.20. The van der Waals surface area contributed by atoms with Crippen LogP contribution in [0.4, 0.5) is 11.4 Å². The number of furan rings is 1. The molecule has 0 bridgehead atoms. The summed E-state index contributed by atoms with van der Waals surface area (Å²) in [5.74, 6) is 0.265. The lowest BCUT2D eigenvalue weighted by molar-refractivity contribution is -0.134. The summed E-state index contributed by atoms with van der Waals surface area (Å²) < 4.78 is 16.7. The van der Waals surface area contributed by atoms with Crippen LogP contribution in [0.2, 0.25) is 0 Å². The van der Waals surface area contributed by atoms with Crippen molar-refractivity contribution >= 4 is 23.2 Å². The van der Waals surface area contributed by atoms with Crippen molar-refractivity contribution in [3.8, 4) is 11.5 Å². The van der Waals surface area contributed by atoms with E-state index in [1.807, 2.05) is 12.1 Å². The summed E-state index contributed by atoms with van der Waals surface area (Å²) in [5, 5.41) is 5.49. The minimum absolute atomic E-state index is 0.187. The predicted octanol–water partition coefficient (Wildman–Crippen LogP) is 4.95. The number of hydrogen-bond acceptors (Lipinski definition) is 5. The molecule has 0 aliphatic heterocycles. The van der Waals surface area contributed by atoms with Gasteiger partial charge in [-0.15, -0.1) is 0 Å². The van der Waals surface area contributed by atoms with Crippen molar-refractivity contribution in [1.29, 1.82) is 0 Å². The molecule has 1 aromatic heterocycles. The summed E-state index contributed by atoms with van der Waals surface area (Å²) in [4.78, 5) is 25.2. The molecule has 4 aromatic rings.